The maximum Gasteiger partial charge on any atom is 0.261 e. The molecule has 1 atom stereocenters. The third-order valence-electron chi connectivity index (χ3n) is 5.75. The Bertz CT molecular complexity index is 1220. The second-order valence-electron chi connectivity index (χ2n) is 7.87. The molecule has 0 bridgehead atoms. The molecule has 1 N–H and O–H groups in total. The number of hydrazone groups is 1. The zero-order valence-corrected chi connectivity index (χ0v) is 17.0. The van der Waals surface area contributed by atoms with E-state index in [0.29, 0.717) is 36.9 Å². The minimum atomic E-state index is -0.248. The number of fused-ring (bicyclic) bond motifs is 2. The van der Waals surface area contributed by atoms with E-state index in [1.807, 2.05) is 35.8 Å². The number of hydrogen-bond acceptors (Lipinski definition) is 5. The lowest BCUT2D eigenvalue weighted by atomic mass is 10.0. The molecular weight excluding hydrogens is 394 g/mol. The van der Waals surface area contributed by atoms with E-state index >= 15 is 0 Å². The molecular formula is C23H21N5O3. The quantitative estimate of drug-likeness (QED) is 0.663. The molecule has 1 aromatic heterocycles. The number of amides is 3. The standard InChI is InChI=1S/C23H21N5O3/c1-14-13-20(29)25-26-21(14)28-18-10-5-4-9-17(18)24-19(28)11-6-12-27-22(30)15-7-2-3-8-16(15)23(27)31/h2-5,7-10,14H,6,11-13H2,1H3,(H,25,29). The summed E-state index contributed by atoms with van der Waals surface area (Å²) in [7, 11) is 0. The summed E-state index contributed by atoms with van der Waals surface area (Å²) in [5.74, 6) is 0.877. The molecule has 3 heterocycles. The van der Waals surface area contributed by atoms with Gasteiger partial charge >= 0.3 is 0 Å². The van der Waals surface area contributed by atoms with E-state index in [0.717, 1.165) is 22.7 Å². The molecule has 2 aromatic carbocycles. The number of carbonyl (C=O) groups excluding carboxylic acids is 3. The smallest absolute Gasteiger partial charge is 0.261 e. The van der Waals surface area contributed by atoms with Crippen LogP contribution < -0.4 is 5.43 Å². The molecule has 31 heavy (non-hydrogen) atoms. The molecule has 8 heteroatoms. The number of nitrogens with one attached hydrogen (secondary N) is 1. The lowest BCUT2D eigenvalue weighted by Crippen LogP contribution is -2.36. The summed E-state index contributed by atoms with van der Waals surface area (Å²) in [4.78, 5) is 43.0. The highest BCUT2D eigenvalue weighted by molar-refractivity contribution is 6.21. The first kappa shape index (κ1) is 19.2. The van der Waals surface area contributed by atoms with Gasteiger partial charge in [-0.25, -0.2) is 10.4 Å². The number of rotatable bonds is 4. The van der Waals surface area contributed by atoms with Gasteiger partial charge in [-0.2, -0.15) is 5.10 Å². The highest BCUT2D eigenvalue weighted by Crippen LogP contribution is 2.24. The van der Waals surface area contributed by atoms with Crippen LogP contribution in [0.5, 0.6) is 0 Å². The Morgan fingerprint density at radius 1 is 1.00 bits per heavy atom. The highest BCUT2D eigenvalue weighted by Gasteiger charge is 2.34. The topological polar surface area (TPSA) is 96.7 Å². The minimum absolute atomic E-state index is 0.0543. The molecule has 0 radical (unpaired) electrons. The normalized spacial score (nSPS) is 18.4. The Labute approximate surface area is 178 Å². The van der Waals surface area contributed by atoms with Crippen LogP contribution in [0, 0.1) is 5.92 Å². The molecule has 1 unspecified atom stereocenters. The number of carbonyl (C=O) groups is 3. The van der Waals surface area contributed by atoms with Crippen molar-refractivity contribution in [3.8, 4) is 0 Å². The summed E-state index contributed by atoms with van der Waals surface area (Å²) < 4.78 is 1.99. The third kappa shape index (κ3) is 3.20. The van der Waals surface area contributed by atoms with Gasteiger partial charge in [0.25, 0.3) is 11.8 Å². The number of aromatic nitrogens is 2. The first-order valence-corrected chi connectivity index (χ1v) is 10.3. The number of nitrogens with zero attached hydrogens (tertiary/aromatic N) is 4. The van der Waals surface area contributed by atoms with Gasteiger partial charge < -0.3 is 0 Å². The van der Waals surface area contributed by atoms with E-state index in [9.17, 15) is 14.4 Å². The van der Waals surface area contributed by atoms with Crippen molar-refractivity contribution >= 4 is 34.6 Å². The molecule has 2 aliphatic heterocycles. The summed E-state index contributed by atoms with van der Waals surface area (Å²) in [6.07, 6.45) is 1.49. The van der Waals surface area contributed by atoms with E-state index in [1.54, 1.807) is 24.3 Å². The van der Waals surface area contributed by atoms with Crippen molar-refractivity contribution in [2.75, 3.05) is 6.54 Å². The maximum absolute atomic E-state index is 12.6. The van der Waals surface area contributed by atoms with Crippen LogP contribution in [0.1, 0.15) is 46.3 Å². The van der Waals surface area contributed by atoms with E-state index in [1.165, 1.54) is 4.90 Å². The van der Waals surface area contributed by atoms with Crippen molar-refractivity contribution in [2.45, 2.75) is 26.2 Å². The van der Waals surface area contributed by atoms with Gasteiger partial charge in [0.2, 0.25) is 5.91 Å². The Morgan fingerprint density at radius 2 is 1.68 bits per heavy atom. The number of imide groups is 1. The summed E-state index contributed by atoms with van der Waals surface area (Å²) in [5, 5.41) is 4.30. The van der Waals surface area contributed by atoms with E-state index < -0.39 is 0 Å². The first-order chi connectivity index (χ1) is 15.0. The van der Waals surface area contributed by atoms with Crippen LogP contribution in [-0.2, 0) is 11.2 Å². The third-order valence-corrected chi connectivity index (χ3v) is 5.75. The van der Waals surface area contributed by atoms with Gasteiger partial charge in [-0.05, 0) is 30.7 Å². The van der Waals surface area contributed by atoms with Crippen molar-refractivity contribution < 1.29 is 14.4 Å². The second kappa shape index (κ2) is 7.46. The zero-order chi connectivity index (χ0) is 21.5. The summed E-state index contributed by atoms with van der Waals surface area (Å²) in [6.45, 7) is 2.28. The fraction of sp³-hybridized carbons (Fsp3) is 0.261. The first-order valence-electron chi connectivity index (χ1n) is 10.3. The average Bonchev–Trinajstić information content (AvgIpc) is 3.25. The van der Waals surface area contributed by atoms with Crippen LogP contribution in [0.2, 0.25) is 0 Å². The number of aryl methyl sites for hydroxylation is 1. The Hall–Kier alpha value is -3.81. The Morgan fingerprint density at radius 3 is 2.39 bits per heavy atom. The van der Waals surface area contributed by atoms with Crippen LogP contribution in [0.4, 0.5) is 0 Å². The van der Waals surface area contributed by atoms with E-state index in [-0.39, 0.29) is 23.6 Å². The van der Waals surface area contributed by atoms with Gasteiger partial charge in [-0.1, -0.05) is 31.2 Å². The summed E-state index contributed by atoms with van der Waals surface area (Å²) in [5.41, 5.74) is 5.24. The molecule has 8 nitrogen and oxygen atoms in total. The van der Waals surface area contributed by atoms with Crippen LogP contribution >= 0.6 is 0 Å². The van der Waals surface area contributed by atoms with Crippen molar-refractivity contribution in [3.63, 3.8) is 0 Å². The molecule has 0 saturated heterocycles. The Kier molecular flexibility index (Phi) is 4.62. The predicted octanol–water partition coefficient (Wildman–Crippen LogP) is 2.58. The number of imidazole rings is 1. The van der Waals surface area contributed by atoms with Crippen molar-refractivity contribution in [3.05, 3.63) is 65.5 Å². The minimum Gasteiger partial charge on any atom is -0.282 e. The largest absolute Gasteiger partial charge is 0.282 e. The lowest BCUT2D eigenvalue weighted by Gasteiger charge is -2.22. The fourth-order valence-electron chi connectivity index (χ4n) is 4.25. The maximum atomic E-state index is 12.6. The van der Waals surface area contributed by atoms with Crippen LogP contribution in [0.15, 0.2) is 53.6 Å². The van der Waals surface area contributed by atoms with Gasteiger partial charge in [0.05, 0.1) is 22.2 Å². The van der Waals surface area contributed by atoms with E-state index in [4.69, 9.17) is 4.98 Å². The number of benzene rings is 2. The molecule has 5 rings (SSSR count). The molecule has 3 amide bonds. The highest BCUT2D eigenvalue weighted by atomic mass is 16.2. The molecule has 0 saturated carbocycles. The molecule has 156 valence electrons. The van der Waals surface area contributed by atoms with Gasteiger partial charge in [0.15, 0.2) is 0 Å². The molecule has 2 aliphatic rings. The molecule has 0 fully saturated rings. The average molecular weight is 415 g/mol. The van der Waals surface area contributed by atoms with Gasteiger partial charge in [-0.15, -0.1) is 0 Å². The predicted molar refractivity (Wildman–Crippen MR) is 115 cm³/mol. The Balaban J connectivity index is 1.40. The van der Waals surface area contributed by atoms with E-state index in [2.05, 4.69) is 10.5 Å². The SMILES string of the molecule is CC1CC(=O)NN=C1n1c(CCCN2C(=O)c3ccccc3C2=O)nc2ccccc21. The van der Waals surface area contributed by atoms with Crippen LogP contribution in [0.25, 0.3) is 11.0 Å². The van der Waals surface area contributed by atoms with Crippen LogP contribution in [-0.4, -0.2) is 44.6 Å². The van der Waals surface area contributed by atoms with Crippen molar-refractivity contribution in [1.29, 1.82) is 0 Å². The fourth-order valence-corrected chi connectivity index (χ4v) is 4.25. The number of hydrogen-bond donors (Lipinski definition) is 1. The zero-order valence-electron chi connectivity index (χ0n) is 17.0. The summed E-state index contributed by atoms with van der Waals surface area (Å²) >= 11 is 0. The molecule has 3 aromatic rings. The van der Waals surface area contributed by atoms with Crippen molar-refractivity contribution in [1.82, 2.24) is 19.9 Å². The monoisotopic (exact) mass is 415 g/mol. The van der Waals surface area contributed by atoms with Gasteiger partial charge in [0.1, 0.15) is 11.7 Å². The lowest BCUT2D eigenvalue weighted by molar-refractivity contribution is -0.121. The number of para-hydroxylation sites is 2. The molecule has 0 spiro atoms. The summed E-state index contributed by atoms with van der Waals surface area (Å²) in [6, 6.07) is 14.7. The second-order valence-corrected chi connectivity index (χ2v) is 7.87. The van der Waals surface area contributed by atoms with Gasteiger partial charge in [-0.3, -0.25) is 23.9 Å². The molecule has 0 aliphatic carbocycles. The van der Waals surface area contributed by atoms with Crippen LogP contribution in [0.3, 0.4) is 0 Å². The van der Waals surface area contributed by atoms with Gasteiger partial charge in [0, 0.05) is 25.3 Å². The van der Waals surface area contributed by atoms with Crippen molar-refractivity contribution in [2.24, 2.45) is 11.0 Å².